The van der Waals surface area contributed by atoms with E-state index in [1.54, 1.807) is 24.3 Å². The van der Waals surface area contributed by atoms with Crippen LogP contribution in [0, 0.1) is 11.6 Å². The first-order valence-electron chi connectivity index (χ1n) is 7.97. The summed E-state index contributed by atoms with van der Waals surface area (Å²) in [6, 6.07) is 11.6. The van der Waals surface area contributed by atoms with Crippen LogP contribution < -0.4 is 20.1 Å². The number of carbonyl (C=O) groups is 1. The Balaban J connectivity index is 1.49. The van der Waals surface area contributed by atoms with Crippen molar-refractivity contribution >= 4 is 23.0 Å². The van der Waals surface area contributed by atoms with E-state index in [-0.39, 0.29) is 12.5 Å². The Kier molecular flexibility index (Phi) is 4.29. The van der Waals surface area contributed by atoms with Gasteiger partial charge >= 0.3 is 0 Å². The van der Waals surface area contributed by atoms with Crippen LogP contribution in [-0.4, -0.2) is 17.7 Å². The minimum absolute atomic E-state index is 0.145. The molecule has 2 aromatic carbocycles. The summed E-state index contributed by atoms with van der Waals surface area (Å²) in [4.78, 5) is 16.5. The third kappa shape index (κ3) is 3.64. The maximum Gasteiger partial charge on any atom is 0.274 e. The molecule has 4 rings (SSSR count). The summed E-state index contributed by atoms with van der Waals surface area (Å²) in [5.41, 5.74) is 1.54. The second-order valence-corrected chi connectivity index (χ2v) is 5.71. The molecule has 0 bridgehead atoms. The van der Waals surface area contributed by atoms with Crippen LogP contribution in [0.25, 0.3) is 0 Å². The lowest BCUT2D eigenvalue weighted by atomic mass is 10.2. The highest BCUT2D eigenvalue weighted by Gasteiger charge is 2.15. The SMILES string of the molecule is O=C(Nc1ccc2c(c1)OCO2)c1cc(Nc2ccc(F)c(F)c2)ccn1. The second kappa shape index (κ2) is 6.91. The smallest absolute Gasteiger partial charge is 0.274 e. The number of carbonyl (C=O) groups excluding carboxylic acids is 1. The van der Waals surface area contributed by atoms with Crippen LogP contribution in [0.15, 0.2) is 54.7 Å². The van der Waals surface area contributed by atoms with Gasteiger partial charge in [0.15, 0.2) is 23.1 Å². The van der Waals surface area contributed by atoms with Gasteiger partial charge in [0.05, 0.1) is 0 Å². The van der Waals surface area contributed by atoms with Crippen LogP contribution in [0.2, 0.25) is 0 Å². The number of amides is 1. The van der Waals surface area contributed by atoms with Crippen molar-refractivity contribution in [2.75, 3.05) is 17.4 Å². The van der Waals surface area contributed by atoms with Crippen LogP contribution in [-0.2, 0) is 0 Å². The highest BCUT2D eigenvalue weighted by Crippen LogP contribution is 2.34. The standard InChI is InChI=1S/C19H13F2N3O3/c20-14-3-1-11(7-15(14)21)23-13-5-6-22-16(8-13)19(25)24-12-2-4-17-18(9-12)27-10-26-17/h1-9H,10H2,(H,22,23)(H,24,25). The van der Waals surface area contributed by atoms with Crippen molar-refractivity contribution in [1.29, 1.82) is 0 Å². The van der Waals surface area contributed by atoms with Crippen molar-refractivity contribution in [3.63, 3.8) is 0 Å². The minimum atomic E-state index is -0.963. The van der Waals surface area contributed by atoms with Gasteiger partial charge in [0.25, 0.3) is 5.91 Å². The van der Waals surface area contributed by atoms with E-state index in [4.69, 9.17) is 9.47 Å². The molecule has 0 saturated carbocycles. The third-order valence-electron chi connectivity index (χ3n) is 3.83. The fourth-order valence-electron chi connectivity index (χ4n) is 2.54. The largest absolute Gasteiger partial charge is 0.454 e. The zero-order chi connectivity index (χ0) is 18.8. The van der Waals surface area contributed by atoms with Gasteiger partial charge in [-0.1, -0.05) is 0 Å². The fourth-order valence-corrected chi connectivity index (χ4v) is 2.54. The number of benzene rings is 2. The predicted molar refractivity (Wildman–Crippen MR) is 94.4 cm³/mol. The molecule has 0 spiro atoms. The van der Waals surface area contributed by atoms with Gasteiger partial charge in [-0.15, -0.1) is 0 Å². The maximum absolute atomic E-state index is 13.3. The number of hydrogen-bond donors (Lipinski definition) is 2. The highest BCUT2D eigenvalue weighted by molar-refractivity contribution is 6.03. The minimum Gasteiger partial charge on any atom is -0.454 e. The molecule has 1 aliphatic rings. The van der Waals surface area contributed by atoms with Crippen LogP contribution in [0.1, 0.15) is 10.5 Å². The van der Waals surface area contributed by atoms with Crippen molar-refractivity contribution in [2.24, 2.45) is 0 Å². The number of nitrogens with one attached hydrogen (secondary N) is 2. The normalized spacial score (nSPS) is 11.9. The highest BCUT2D eigenvalue weighted by atomic mass is 19.2. The number of pyridine rings is 1. The van der Waals surface area contributed by atoms with E-state index in [0.29, 0.717) is 28.6 Å². The molecule has 1 aliphatic heterocycles. The summed E-state index contributed by atoms with van der Waals surface area (Å²) in [6.07, 6.45) is 1.44. The van der Waals surface area contributed by atoms with E-state index in [9.17, 15) is 13.6 Å². The van der Waals surface area contributed by atoms with E-state index in [1.165, 1.54) is 18.3 Å². The average molecular weight is 369 g/mol. The van der Waals surface area contributed by atoms with Gasteiger partial charge in [-0.05, 0) is 36.4 Å². The number of hydrogen-bond acceptors (Lipinski definition) is 5. The molecule has 1 amide bonds. The summed E-state index contributed by atoms with van der Waals surface area (Å²) in [7, 11) is 0. The first-order chi connectivity index (χ1) is 13.1. The molecule has 2 N–H and O–H groups in total. The van der Waals surface area contributed by atoms with E-state index in [0.717, 1.165) is 12.1 Å². The molecule has 0 radical (unpaired) electrons. The van der Waals surface area contributed by atoms with Gasteiger partial charge in [0.1, 0.15) is 5.69 Å². The molecule has 0 aliphatic carbocycles. The topological polar surface area (TPSA) is 72.5 Å². The number of nitrogens with zero attached hydrogens (tertiary/aromatic N) is 1. The van der Waals surface area contributed by atoms with Crippen molar-refractivity contribution in [1.82, 2.24) is 4.98 Å². The summed E-state index contributed by atoms with van der Waals surface area (Å²) in [5, 5.41) is 5.62. The first-order valence-corrected chi connectivity index (χ1v) is 7.97. The summed E-state index contributed by atoms with van der Waals surface area (Å²) < 4.78 is 36.8. The van der Waals surface area contributed by atoms with E-state index >= 15 is 0 Å². The number of aromatic nitrogens is 1. The van der Waals surface area contributed by atoms with Crippen LogP contribution in [0.5, 0.6) is 11.5 Å². The quantitative estimate of drug-likeness (QED) is 0.725. The van der Waals surface area contributed by atoms with Gasteiger partial charge in [-0.3, -0.25) is 9.78 Å². The maximum atomic E-state index is 13.3. The Morgan fingerprint density at radius 2 is 1.67 bits per heavy atom. The molecule has 2 heterocycles. The van der Waals surface area contributed by atoms with Gasteiger partial charge in [0, 0.05) is 35.4 Å². The molecule has 27 heavy (non-hydrogen) atoms. The summed E-state index contributed by atoms with van der Waals surface area (Å²) in [6.45, 7) is 0.145. The molecule has 0 unspecified atom stereocenters. The molecular weight excluding hydrogens is 356 g/mol. The summed E-state index contributed by atoms with van der Waals surface area (Å²) in [5.74, 6) is -1.16. The third-order valence-corrected chi connectivity index (χ3v) is 3.83. The fraction of sp³-hybridized carbons (Fsp3) is 0.0526. The number of anilines is 3. The Labute approximate surface area is 152 Å². The molecule has 6 nitrogen and oxygen atoms in total. The van der Waals surface area contributed by atoms with E-state index in [1.807, 2.05) is 0 Å². The van der Waals surface area contributed by atoms with Crippen LogP contribution in [0.4, 0.5) is 25.8 Å². The Hall–Kier alpha value is -3.68. The molecule has 3 aromatic rings. The zero-order valence-electron chi connectivity index (χ0n) is 13.8. The summed E-state index contributed by atoms with van der Waals surface area (Å²) >= 11 is 0. The van der Waals surface area contributed by atoms with Crippen LogP contribution in [0.3, 0.4) is 0 Å². The second-order valence-electron chi connectivity index (χ2n) is 5.71. The molecule has 0 atom stereocenters. The molecule has 1 aromatic heterocycles. The number of ether oxygens (including phenoxy) is 2. The van der Waals surface area contributed by atoms with Gasteiger partial charge in [0.2, 0.25) is 6.79 Å². The van der Waals surface area contributed by atoms with Crippen molar-refractivity contribution in [2.45, 2.75) is 0 Å². The number of halogens is 2. The Morgan fingerprint density at radius 3 is 2.52 bits per heavy atom. The van der Waals surface area contributed by atoms with E-state index in [2.05, 4.69) is 15.6 Å². The lowest BCUT2D eigenvalue weighted by molar-refractivity contribution is 0.102. The van der Waals surface area contributed by atoms with Gasteiger partial charge < -0.3 is 20.1 Å². The molecule has 0 fully saturated rings. The monoisotopic (exact) mass is 369 g/mol. The lowest BCUT2D eigenvalue weighted by Gasteiger charge is -2.09. The first kappa shape index (κ1) is 16.8. The van der Waals surface area contributed by atoms with Crippen molar-refractivity contribution in [3.8, 4) is 11.5 Å². The number of fused-ring (bicyclic) bond motifs is 1. The lowest BCUT2D eigenvalue weighted by Crippen LogP contribution is -2.13. The van der Waals surface area contributed by atoms with Gasteiger partial charge in [-0.25, -0.2) is 8.78 Å². The zero-order valence-corrected chi connectivity index (χ0v) is 13.8. The molecular formula is C19H13F2N3O3. The molecule has 0 saturated heterocycles. The predicted octanol–water partition coefficient (Wildman–Crippen LogP) is 4.08. The Bertz CT molecular complexity index is 1030. The van der Waals surface area contributed by atoms with Crippen LogP contribution >= 0.6 is 0 Å². The van der Waals surface area contributed by atoms with Crippen molar-refractivity contribution in [3.05, 3.63) is 72.1 Å². The van der Waals surface area contributed by atoms with Gasteiger partial charge in [-0.2, -0.15) is 0 Å². The average Bonchev–Trinajstić information content (AvgIpc) is 3.13. The number of rotatable bonds is 4. The Morgan fingerprint density at radius 1 is 0.889 bits per heavy atom. The van der Waals surface area contributed by atoms with Crippen molar-refractivity contribution < 1.29 is 23.0 Å². The molecule has 8 heteroatoms. The molecule has 136 valence electrons. The van der Waals surface area contributed by atoms with E-state index < -0.39 is 17.5 Å².